The summed E-state index contributed by atoms with van der Waals surface area (Å²) >= 11 is 0. The van der Waals surface area contributed by atoms with Crippen molar-refractivity contribution < 1.29 is 8.42 Å². The van der Waals surface area contributed by atoms with Crippen molar-refractivity contribution >= 4 is 21.5 Å². The van der Waals surface area contributed by atoms with Crippen LogP contribution in [0.2, 0.25) is 0 Å². The Kier molecular flexibility index (Phi) is 3.42. The summed E-state index contributed by atoms with van der Waals surface area (Å²) in [5, 5.41) is 0. The van der Waals surface area contributed by atoms with Gasteiger partial charge in [0.2, 0.25) is 10.0 Å². The number of para-hydroxylation sites is 1. The first-order chi connectivity index (χ1) is 8.57. The highest BCUT2D eigenvalue weighted by atomic mass is 32.2. The topological polar surface area (TPSA) is 98.0 Å². The van der Waals surface area contributed by atoms with E-state index in [-0.39, 0.29) is 11.6 Å². The molecule has 0 saturated carbocycles. The molecule has 0 atom stereocenters. The van der Waals surface area contributed by atoms with Gasteiger partial charge in [0.25, 0.3) is 0 Å². The third-order valence-electron chi connectivity index (χ3n) is 2.22. The lowest BCUT2D eigenvalue weighted by atomic mass is 10.2. The number of nitrogen functional groups attached to an aromatic ring is 1. The Morgan fingerprint density at radius 2 is 2.00 bits per heavy atom. The average Bonchev–Trinajstić information content (AvgIpc) is 2.32. The van der Waals surface area contributed by atoms with Gasteiger partial charge in [-0.15, -0.1) is 0 Å². The van der Waals surface area contributed by atoms with E-state index in [0.29, 0.717) is 11.3 Å². The number of benzene rings is 1. The molecule has 0 aliphatic carbocycles. The lowest BCUT2D eigenvalue weighted by molar-refractivity contribution is 0.600. The molecule has 2 rings (SSSR count). The maximum Gasteiger partial charge on any atom is 0.238 e. The summed E-state index contributed by atoms with van der Waals surface area (Å²) in [5.41, 5.74) is 6.70. The third-order valence-corrected chi connectivity index (χ3v) is 3.44. The van der Waals surface area contributed by atoms with Gasteiger partial charge in [0.1, 0.15) is 0 Å². The average molecular weight is 264 g/mol. The summed E-state index contributed by atoms with van der Waals surface area (Å²) in [6.45, 7) is 0. The standard InChI is InChI=1S/C11H12N4O2S/c12-10-4-2-1-3-9(10)8-18(16,17)15-11-7-13-5-6-14-11/h1-7H,8,12H2,(H,14,15). The van der Waals surface area contributed by atoms with Crippen LogP contribution in [0.1, 0.15) is 5.56 Å². The van der Waals surface area contributed by atoms with Crippen molar-refractivity contribution in [2.45, 2.75) is 5.75 Å². The lowest BCUT2D eigenvalue weighted by Gasteiger charge is -2.08. The highest BCUT2D eigenvalue weighted by Gasteiger charge is 2.13. The van der Waals surface area contributed by atoms with E-state index in [9.17, 15) is 8.42 Å². The zero-order valence-corrected chi connectivity index (χ0v) is 10.3. The van der Waals surface area contributed by atoms with Crippen LogP contribution in [0.4, 0.5) is 11.5 Å². The first-order valence-electron chi connectivity index (χ1n) is 5.17. The molecule has 18 heavy (non-hydrogen) atoms. The van der Waals surface area contributed by atoms with Crippen molar-refractivity contribution in [2.24, 2.45) is 0 Å². The Morgan fingerprint density at radius 3 is 2.67 bits per heavy atom. The number of aromatic nitrogens is 2. The van der Waals surface area contributed by atoms with Crippen molar-refractivity contribution in [3.63, 3.8) is 0 Å². The Labute approximate surface area is 105 Å². The van der Waals surface area contributed by atoms with Crippen molar-refractivity contribution in [3.05, 3.63) is 48.4 Å². The summed E-state index contributed by atoms with van der Waals surface area (Å²) < 4.78 is 26.1. The number of sulfonamides is 1. The molecule has 2 aromatic rings. The molecule has 0 amide bonds. The van der Waals surface area contributed by atoms with Gasteiger partial charge >= 0.3 is 0 Å². The molecular formula is C11H12N4O2S. The van der Waals surface area contributed by atoms with Crippen molar-refractivity contribution in [1.82, 2.24) is 9.97 Å². The predicted molar refractivity (Wildman–Crippen MR) is 69.1 cm³/mol. The van der Waals surface area contributed by atoms with Gasteiger partial charge in [0.15, 0.2) is 5.82 Å². The van der Waals surface area contributed by atoms with Crippen LogP contribution in [0.15, 0.2) is 42.9 Å². The smallest absolute Gasteiger partial charge is 0.238 e. The molecule has 0 aliphatic rings. The van der Waals surface area contributed by atoms with Crippen molar-refractivity contribution in [1.29, 1.82) is 0 Å². The van der Waals surface area contributed by atoms with Gasteiger partial charge in [-0.2, -0.15) is 0 Å². The van der Waals surface area contributed by atoms with Gasteiger partial charge in [-0.1, -0.05) is 18.2 Å². The zero-order chi connectivity index (χ0) is 13.0. The highest BCUT2D eigenvalue weighted by molar-refractivity contribution is 7.91. The Balaban J connectivity index is 2.16. The molecular weight excluding hydrogens is 252 g/mol. The van der Waals surface area contributed by atoms with Crippen LogP contribution in [0.5, 0.6) is 0 Å². The number of rotatable bonds is 4. The molecule has 0 radical (unpaired) electrons. The third kappa shape index (κ3) is 3.17. The number of hydrogen-bond donors (Lipinski definition) is 2. The van der Waals surface area contributed by atoms with Gasteiger partial charge in [0.05, 0.1) is 11.9 Å². The van der Waals surface area contributed by atoms with E-state index in [1.54, 1.807) is 24.3 Å². The number of anilines is 2. The largest absolute Gasteiger partial charge is 0.398 e. The number of hydrogen-bond acceptors (Lipinski definition) is 5. The molecule has 94 valence electrons. The molecule has 1 heterocycles. The monoisotopic (exact) mass is 264 g/mol. The minimum Gasteiger partial charge on any atom is -0.398 e. The summed E-state index contributed by atoms with van der Waals surface area (Å²) in [4.78, 5) is 7.62. The summed E-state index contributed by atoms with van der Waals surface area (Å²) in [7, 11) is -3.54. The van der Waals surface area contributed by atoms with E-state index < -0.39 is 10.0 Å². The van der Waals surface area contributed by atoms with Gasteiger partial charge in [0, 0.05) is 18.1 Å². The Bertz CT molecular complexity index is 629. The van der Waals surface area contributed by atoms with Crippen molar-refractivity contribution in [3.8, 4) is 0 Å². The fourth-order valence-corrected chi connectivity index (χ4v) is 2.59. The fraction of sp³-hybridized carbons (Fsp3) is 0.0909. The first kappa shape index (κ1) is 12.3. The van der Waals surface area contributed by atoms with E-state index in [2.05, 4.69) is 14.7 Å². The van der Waals surface area contributed by atoms with Gasteiger partial charge in [-0.3, -0.25) is 9.71 Å². The van der Waals surface area contributed by atoms with Gasteiger partial charge in [-0.25, -0.2) is 13.4 Å². The second kappa shape index (κ2) is 5.01. The molecule has 1 aromatic carbocycles. The summed E-state index contributed by atoms with van der Waals surface area (Å²) in [6.07, 6.45) is 4.22. The highest BCUT2D eigenvalue weighted by Crippen LogP contribution is 2.15. The maximum absolute atomic E-state index is 11.9. The molecule has 0 fully saturated rings. The van der Waals surface area contributed by atoms with E-state index in [4.69, 9.17) is 5.73 Å². The van der Waals surface area contributed by atoms with Crippen LogP contribution in [0, 0.1) is 0 Å². The van der Waals surface area contributed by atoms with Crippen LogP contribution >= 0.6 is 0 Å². The molecule has 6 nitrogen and oxygen atoms in total. The molecule has 0 saturated heterocycles. The first-order valence-corrected chi connectivity index (χ1v) is 6.82. The maximum atomic E-state index is 11.9. The second-order valence-corrected chi connectivity index (χ2v) is 5.37. The minimum atomic E-state index is -3.54. The van der Waals surface area contributed by atoms with Crippen LogP contribution in [0.25, 0.3) is 0 Å². The molecule has 3 N–H and O–H groups in total. The zero-order valence-electron chi connectivity index (χ0n) is 9.45. The van der Waals surface area contributed by atoms with Crippen LogP contribution < -0.4 is 10.5 Å². The quantitative estimate of drug-likeness (QED) is 0.803. The molecule has 1 aromatic heterocycles. The number of nitrogens with zero attached hydrogens (tertiary/aromatic N) is 2. The van der Waals surface area contributed by atoms with Crippen molar-refractivity contribution in [2.75, 3.05) is 10.5 Å². The van der Waals surface area contributed by atoms with Crippen LogP contribution in [-0.4, -0.2) is 18.4 Å². The van der Waals surface area contributed by atoms with Crippen LogP contribution in [0.3, 0.4) is 0 Å². The van der Waals surface area contributed by atoms with E-state index >= 15 is 0 Å². The minimum absolute atomic E-state index is 0.187. The van der Waals surface area contributed by atoms with E-state index in [1.807, 2.05) is 0 Å². The molecule has 0 unspecified atom stereocenters. The normalized spacial score (nSPS) is 11.1. The van der Waals surface area contributed by atoms with Crippen LogP contribution in [-0.2, 0) is 15.8 Å². The molecule has 7 heteroatoms. The number of nitrogens with two attached hydrogens (primary N) is 1. The SMILES string of the molecule is Nc1ccccc1CS(=O)(=O)Nc1cnccn1. The Hall–Kier alpha value is -2.15. The van der Waals surface area contributed by atoms with E-state index in [1.165, 1.54) is 18.6 Å². The van der Waals surface area contributed by atoms with Gasteiger partial charge < -0.3 is 5.73 Å². The lowest BCUT2D eigenvalue weighted by Crippen LogP contribution is -2.16. The summed E-state index contributed by atoms with van der Waals surface area (Å²) in [5.74, 6) is -0.0111. The number of nitrogens with one attached hydrogen (secondary N) is 1. The molecule has 0 aliphatic heterocycles. The summed E-state index contributed by atoms with van der Waals surface area (Å²) in [6, 6.07) is 6.82. The Morgan fingerprint density at radius 1 is 1.22 bits per heavy atom. The molecule has 0 spiro atoms. The fourth-order valence-electron chi connectivity index (χ4n) is 1.42. The molecule has 0 bridgehead atoms. The van der Waals surface area contributed by atoms with E-state index in [0.717, 1.165) is 0 Å². The predicted octanol–water partition coefficient (Wildman–Crippen LogP) is 1.00. The van der Waals surface area contributed by atoms with Gasteiger partial charge in [-0.05, 0) is 11.6 Å². The second-order valence-electron chi connectivity index (χ2n) is 3.65.